The Balaban J connectivity index is 3.08. The Hall–Kier alpha value is -1.56. The van der Waals surface area contributed by atoms with Crippen molar-refractivity contribution < 1.29 is 9.72 Å². The van der Waals surface area contributed by atoms with Crippen LogP contribution in [0.25, 0.3) is 0 Å². The van der Waals surface area contributed by atoms with E-state index in [1.165, 1.54) is 12.1 Å². The SMILES string of the molecule is Cc1ccc([N+](=O)[O-])cc1NC(=O)S. The van der Waals surface area contributed by atoms with E-state index < -0.39 is 10.2 Å². The number of rotatable bonds is 2. The van der Waals surface area contributed by atoms with Crippen molar-refractivity contribution in [3.05, 3.63) is 33.9 Å². The molecule has 0 aliphatic rings. The van der Waals surface area contributed by atoms with Gasteiger partial charge in [-0.05, 0) is 12.5 Å². The monoisotopic (exact) mass is 212 g/mol. The zero-order valence-corrected chi connectivity index (χ0v) is 8.25. The number of nitrogens with one attached hydrogen (secondary N) is 1. The largest absolute Gasteiger partial charge is 0.317 e. The molecule has 0 fully saturated rings. The summed E-state index contributed by atoms with van der Waals surface area (Å²) in [5.41, 5.74) is 1.09. The molecule has 5 nitrogen and oxygen atoms in total. The van der Waals surface area contributed by atoms with Gasteiger partial charge in [0, 0.05) is 12.1 Å². The third-order valence-electron chi connectivity index (χ3n) is 1.67. The number of nitro groups is 1. The van der Waals surface area contributed by atoms with Crippen LogP contribution in [0.15, 0.2) is 18.2 Å². The van der Waals surface area contributed by atoms with Crippen molar-refractivity contribution in [1.29, 1.82) is 0 Å². The Bertz CT molecular complexity index is 392. The Kier molecular flexibility index (Phi) is 3.08. The fourth-order valence-electron chi connectivity index (χ4n) is 0.973. The number of amides is 1. The Morgan fingerprint density at radius 1 is 1.57 bits per heavy atom. The number of anilines is 1. The third-order valence-corrected chi connectivity index (χ3v) is 1.79. The molecular weight excluding hydrogens is 204 g/mol. The van der Waals surface area contributed by atoms with Gasteiger partial charge in [0.25, 0.3) is 10.9 Å². The summed E-state index contributed by atoms with van der Waals surface area (Å²) < 4.78 is 0. The number of hydrogen-bond donors (Lipinski definition) is 2. The molecule has 0 atom stereocenters. The van der Waals surface area contributed by atoms with Gasteiger partial charge in [0.05, 0.1) is 10.6 Å². The summed E-state index contributed by atoms with van der Waals surface area (Å²) in [6, 6.07) is 4.24. The average Bonchev–Trinajstić information content (AvgIpc) is 2.07. The van der Waals surface area contributed by atoms with Gasteiger partial charge >= 0.3 is 0 Å². The van der Waals surface area contributed by atoms with Gasteiger partial charge in [-0.1, -0.05) is 18.7 Å². The molecule has 1 aromatic rings. The highest BCUT2D eigenvalue weighted by Crippen LogP contribution is 2.21. The molecule has 0 heterocycles. The van der Waals surface area contributed by atoms with Gasteiger partial charge in [-0.25, -0.2) is 0 Å². The first-order valence-electron chi connectivity index (χ1n) is 3.75. The molecule has 0 aliphatic heterocycles. The lowest BCUT2D eigenvalue weighted by Gasteiger charge is -2.04. The molecule has 0 bridgehead atoms. The molecule has 0 saturated heterocycles. The van der Waals surface area contributed by atoms with Crippen LogP contribution in [0.5, 0.6) is 0 Å². The first-order valence-corrected chi connectivity index (χ1v) is 4.20. The minimum absolute atomic E-state index is 0.0623. The number of non-ortho nitro benzene ring substituents is 1. The number of benzene rings is 1. The normalized spacial score (nSPS) is 9.57. The molecule has 1 N–H and O–H groups in total. The van der Waals surface area contributed by atoms with Crippen molar-refractivity contribution in [1.82, 2.24) is 0 Å². The molecule has 0 radical (unpaired) electrons. The number of nitro benzene ring substituents is 1. The van der Waals surface area contributed by atoms with E-state index in [4.69, 9.17) is 0 Å². The first-order chi connectivity index (χ1) is 6.50. The van der Waals surface area contributed by atoms with E-state index in [0.29, 0.717) is 5.69 Å². The van der Waals surface area contributed by atoms with Crippen molar-refractivity contribution in [2.24, 2.45) is 0 Å². The van der Waals surface area contributed by atoms with E-state index in [0.717, 1.165) is 5.56 Å². The molecular formula is C8H8N2O3S. The zero-order valence-electron chi connectivity index (χ0n) is 7.35. The number of thiol groups is 1. The lowest BCUT2D eigenvalue weighted by Crippen LogP contribution is -2.03. The van der Waals surface area contributed by atoms with E-state index >= 15 is 0 Å². The van der Waals surface area contributed by atoms with Crippen LogP contribution in [0.1, 0.15) is 5.56 Å². The minimum atomic E-state index is -0.548. The smallest absolute Gasteiger partial charge is 0.280 e. The Labute approximate surface area is 85.7 Å². The number of aryl methyl sites for hydroxylation is 1. The molecule has 0 saturated carbocycles. The number of hydrogen-bond acceptors (Lipinski definition) is 3. The van der Waals surface area contributed by atoms with E-state index in [2.05, 4.69) is 17.9 Å². The molecule has 0 spiro atoms. The summed E-state index contributed by atoms with van der Waals surface area (Å²) in [5, 5.41) is 12.3. The summed E-state index contributed by atoms with van der Waals surface area (Å²) >= 11 is 3.52. The predicted molar refractivity (Wildman–Crippen MR) is 55.8 cm³/mol. The van der Waals surface area contributed by atoms with Gasteiger partial charge < -0.3 is 5.32 Å². The molecule has 1 rings (SSSR count). The second-order valence-electron chi connectivity index (χ2n) is 2.69. The highest BCUT2D eigenvalue weighted by molar-refractivity contribution is 7.96. The van der Waals surface area contributed by atoms with Crippen molar-refractivity contribution in [2.45, 2.75) is 6.92 Å². The van der Waals surface area contributed by atoms with E-state index in [9.17, 15) is 14.9 Å². The summed E-state index contributed by atoms with van der Waals surface area (Å²) in [4.78, 5) is 20.5. The molecule has 1 aromatic carbocycles. The zero-order chi connectivity index (χ0) is 10.7. The Morgan fingerprint density at radius 2 is 2.21 bits per heavy atom. The minimum Gasteiger partial charge on any atom is -0.317 e. The molecule has 0 aromatic heterocycles. The van der Waals surface area contributed by atoms with Gasteiger partial charge in [-0.2, -0.15) is 0 Å². The maximum Gasteiger partial charge on any atom is 0.280 e. The van der Waals surface area contributed by atoms with Crippen LogP contribution in [-0.4, -0.2) is 10.2 Å². The van der Waals surface area contributed by atoms with Crippen LogP contribution in [0, 0.1) is 17.0 Å². The second-order valence-corrected chi connectivity index (χ2v) is 3.09. The molecule has 74 valence electrons. The fourth-order valence-corrected chi connectivity index (χ4v) is 1.09. The molecule has 6 heteroatoms. The van der Waals surface area contributed by atoms with Gasteiger partial charge in [0.15, 0.2) is 0 Å². The van der Waals surface area contributed by atoms with Crippen LogP contribution < -0.4 is 5.32 Å². The van der Waals surface area contributed by atoms with Gasteiger partial charge in [0.2, 0.25) is 0 Å². The summed E-state index contributed by atoms with van der Waals surface area (Å²) in [6.45, 7) is 1.74. The van der Waals surface area contributed by atoms with Crippen LogP contribution >= 0.6 is 12.6 Å². The molecule has 0 aliphatic carbocycles. The van der Waals surface area contributed by atoms with Crippen molar-refractivity contribution in [2.75, 3.05) is 5.32 Å². The van der Waals surface area contributed by atoms with Gasteiger partial charge in [-0.15, -0.1) is 0 Å². The summed E-state index contributed by atoms with van der Waals surface area (Å²) in [6.07, 6.45) is 0. The van der Waals surface area contributed by atoms with E-state index in [1.54, 1.807) is 13.0 Å². The molecule has 1 amide bonds. The number of carbonyl (C=O) groups excluding carboxylic acids is 1. The fraction of sp³-hybridized carbons (Fsp3) is 0.125. The van der Waals surface area contributed by atoms with Gasteiger partial charge in [0.1, 0.15) is 0 Å². The predicted octanol–water partition coefficient (Wildman–Crippen LogP) is 2.36. The molecule has 14 heavy (non-hydrogen) atoms. The quantitative estimate of drug-likeness (QED) is 0.449. The van der Waals surface area contributed by atoms with E-state index in [-0.39, 0.29) is 5.69 Å². The topological polar surface area (TPSA) is 72.2 Å². The molecule has 0 unspecified atom stereocenters. The van der Waals surface area contributed by atoms with Gasteiger partial charge in [-0.3, -0.25) is 14.9 Å². The van der Waals surface area contributed by atoms with Crippen LogP contribution in [0.2, 0.25) is 0 Å². The maximum atomic E-state index is 10.6. The van der Waals surface area contributed by atoms with Crippen molar-refractivity contribution in [3.63, 3.8) is 0 Å². The number of carbonyl (C=O) groups is 1. The van der Waals surface area contributed by atoms with Crippen molar-refractivity contribution in [3.8, 4) is 0 Å². The van der Waals surface area contributed by atoms with E-state index in [1.807, 2.05) is 0 Å². The summed E-state index contributed by atoms with van der Waals surface area (Å²) in [7, 11) is 0. The standard InChI is InChI=1S/C8H8N2O3S/c1-5-2-3-6(10(12)13)4-7(5)9-8(11)14/h2-4H,1H3,(H2,9,11,14). The average molecular weight is 212 g/mol. The highest BCUT2D eigenvalue weighted by atomic mass is 32.1. The third kappa shape index (κ3) is 2.46. The van der Waals surface area contributed by atoms with Crippen LogP contribution in [0.3, 0.4) is 0 Å². The van der Waals surface area contributed by atoms with Crippen molar-refractivity contribution >= 4 is 29.2 Å². The number of nitrogens with zero attached hydrogens (tertiary/aromatic N) is 1. The lowest BCUT2D eigenvalue weighted by molar-refractivity contribution is -0.384. The lowest BCUT2D eigenvalue weighted by atomic mass is 10.2. The maximum absolute atomic E-state index is 10.6. The second kappa shape index (κ2) is 4.10. The first kappa shape index (κ1) is 10.5. The van der Waals surface area contributed by atoms with Crippen LogP contribution in [0.4, 0.5) is 16.2 Å². The Morgan fingerprint density at radius 3 is 2.71 bits per heavy atom. The van der Waals surface area contributed by atoms with Crippen LogP contribution in [-0.2, 0) is 0 Å². The highest BCUT2D eigenvalue weighted by Gasteiger charge is 2.09. The summed E-state index contributed by atoms with van der Waals surface area (Å²) in [5.74, 6) is 0.